The van der Waals surface area contributed by atoms with Crippen LogP contribution in [0.15, 0.2) is 12.1 Å². The van der Waals surface area contributed by atoms with E-state index >= 15 is 0 Å². The molecule has 1 aliphatic carbocycles. The number of nitrogens with one attached hydrogen (secondary N) is 1. The second kappa shape index (κ2) is 3.96. The molecule has 16 heavy (non-hydrogen) atoms. The number of hydrogen-bond donors (Lipinski definition) is 2. The van der Waals surface area contributed by atoms with Gasteiger partial charge in [0.05, 0.1) is 5.69 Å². The lowest BCUT2D eigenvalue weighted by molar-refractivity contribution is 0.380. The fraction of sp³-hybridized carbons (Fsp3) is 0.615. The Labute approximate surface area is 97.5 Å². The molecule has 3 N–H and O–H groups in total. The largest absolute Gasteiger partial charge is 0.396 e. The second-order valence-electron chi connectivity index (χ2n) is 5.26. The van der Waals surface area contributed by atoms with E-state index in [0.29, 0.717) is 5.41 Å². The Balaban J connectivity index is 2.02. The lowest BCUT2D eigenvalue weighted by Gasteiger charge is -2.21. The normalized spacial score (nSPS) is 17.5. The van der Waals surface area contributed by atoms with Crippen molar-refractivity contribution in [1.29, 1.82) is 0 Å². The maximum Gasteiger partial charge on any atom is 0.149 e. The van der Waals surface area contributed by atoms with Crippen LogP contribution in [-0.2, 0) is 0 Å². The summed E-state index contributed by atoms with van der Waals surface area (Å²) in [7, 11) is 0. The topological polar surface area (TPSA) is 50.9 Å². The SMILES string of the molecule is Cc1ccc(N)c(NCC2(C(C)C)CC2)n1. The summed E-state index contributed by atoms with van der Waals surface area (Å²) < 4.78 is 0. The van der Waals surface area contributed by atoms with E-state index < -0.39 is 0 Å². The van der Waals surface area contributed by atoms with Crippen molar-refractivity contribution in [3.8, 4) is 0 Å². The molecule has 0 saturated heterocycles. The van der Waals surface area contributed by atoms with Crippen LogP contribution in [0, 0.1) is 18.3 Å². The van der Waals surface area contributed by atoms with Gasteiger partial charge in [-0.1, -0.05) is 13.8 Å². The summed E-state index contributed by atoms with van der Waals surface area (Å²) >= 11 is 0. The number of hydrogen-bond acceptors (Lipinski definition) is 3. The lowest BCUT2D eigenvalue weighted by Crippen LogP contribution is -2.21. The number of aromatic nitrogens is 1. The number of anilines is 2. The Hall–Kier alpha value is -1.25. The van der Waals surface area contributed by atoms with E-state index in [1.54, 1.807) is 0 Å². The first kappa shape index (κ1) is 11.2. The zero-order valence-corrected chi connectivity index (χ0v) is 10.4. The minimum Gasteiger partial charge on any atom is -0.396 e. The maximum atomic E-state index is 5.89. The van der Waals surface area contributed by atoms with Gasteiger partial charge in [0, 0.05) is 12.2 Å². The standard InChI is InChI=1S/C13H21N3/c1-9(2)13(6-7-13)8-15-12-11(14)5-4-10(3)16-12/h4-5,9H,6-8,14H2,1-3H3,(H,15,16). The van der Waals surface area contributed by atoms with Crippen LogP contribution in [0.5, 0.6) is 0 Å². The van der Waals surface area contributed by atoms with E-state index in [-0.39, 0.29) is 0 Å². The van der Waals surface area contributed by atoms with Crippen LogP contribution in [0.1, 0.15) is 32.4 Å². The third-order valence-electron chi connectivity index (χ3n) is 3.79. The average molecular weight is 219 g/mol. The molecule has 0 aliphatic heterocycles. The second-order valence-corrected chi connectivity index (χ2v) is 5.26. The van der Waals surface area contributed by atoms with E-state index in [2.05, 4.69) is 24.1 Å². The van der Waals surface area contributed by atoms with Crippen LogP contribution in [0.3, 0.4) is 0 Å². The highest BCUT2D eigenvalue weighted by Crippen LogP contribution is 2.51. The predicted molar refractivity (Wildman–Crippen MR) is 68.4 cm³/mol. The number of nitrogen functional groups attached to an aromatic ring is 1. The molecule has 0 bridgehead atoms. The van der Waals surface area contributed by atoms with Crippen LogP contribution >= 0.6 is 0 Å². The average Bonchev–Trinajstić information content (AvgIpc) is 3.00. The molecule has 0 aromatic carbocycles. The van der Waals surface area contributed by atoms with Crippen molar-refractivity contribution in [2.24, 2.45) is 11.3 Å². The monoisotopic (exact) mass is 219 g/mol. The number of aryl methyl sites for hydroxylation is 1. The number of nitrogens with zero attached hydrogens (tertiary/aromatic N) is 1. The lowest BCUT2D eigenvalue weighted by atomic mass is 9.92. The zero-order chi connectivity index (χ0) is 11.8. The highest BCUT2D eigenvalue weighted by Gasteiger charge is 2.45. The van der Waals surface area contributed by atoms with Crippen LogP contribution in [0.4, 0.5) is 11.5 Å². The fourth-order valence-electron chi connectivity index (χ4n) is 2.09. The summed E-state index contributed by atoms with van der Waals surface area (Å²) in [5, 5.41) is 3.40. The summed E-state index contributed by atoms with van der Waals surface area (Å²) in [6.07, 6.45) is 2.65. The molecule has 3 heteroatoms. The number of pyridine rings is 1. The quantitative estimate of drug-likeness (QED) is 0.818. The first-order valence-electron chi connectivity index (χ1n) is 6.00. The van der Waals surface area contributed by atoms with Gasteiger partial charge in [0.1, 0.15) is 5.82 Å². The van der Waals surface area contributed by atoms with Crippen LogP contribution in [0.2, 0.25) is 0 Å². The van der Waals surface area contributed by atoms with Gasteiger partial charge in [-0.3, -0.25) is 0 Å². The maximum absolute atomic E-state index is 5.89. The molecule has 1 saturated carbocycles. The number of rotatable bonds is 4. The molecule has 0 amide bonds. The summed E-state index contributed by atoms with van der Waals surface area (Å²) in [5.74, 6) is 1.57. The third-order valence-corrected chi connectivity index (χ3v) is 3.79. The van der Waals surface area contributed by atoms with Gasteiger partial charge in [-0.25, -0.2) is 4.98 Å². The van der Waals surface area contributed by atoms with Crippen molar-refractivity contribution < 1.29 is 0 Å². The highest BCUT2D eigenvalue weighted by atomic mass is 15.0. The molecule has 88 valence electrons. The Morgan fingerprint density at radius 1 is 1.44 bits per heavy atom. The molecule has 1 aromatic rings. The molecule has 2 rings (SSSR count). The van der Waals surface area contributed by atoms with E-state index in [1.165, 1.54) is 12.8 Å². The summed E-state index contributed by atoms with van der Waals surface area (Å²) in [4.78, 5) is 4.43. The molecule has 0 radical (unpaired) electrons. The molecule has 3 nitrogen and oxygen atoms in total. The number of nitrogens with two attached hydrogens (primary N) is 1. The summed E-state index contributed by atoms with van der Waals surface area (Å²) in [6, 6.07) is 3.86. The van der Waals surface area contributed by atoms with Gasteiger partial charge in [-0.2, -0.15) is 0 Å². The van der Waals surface area contributed by atoms with E-state index in [1.807, 2.05) is 19.1 Å². The molecule has 1 fully saturated rings. The zero-order valence-electron chi connectivity index (χ0n) is 10.4. The van der Waals surface area contributed by atoms with Crippen LogP contribution in [0.25, 0.3) is 0 Å². The van der Waals surface area contributed by atoms with Crippen molar-refractivity contribution in [1.82, 2.24) is 4.98 Å². The summed E-state index contributed by atoms with van der Waals surface area (Å²) in [6.45, 7) is 7.56. The van der Waals surface area contributed by atoms with Crippen molar-refractivity contribution >= 4 is 11.5 Å². The van der Waals surface area contributed by atoms with Gasteiger partial charge >= 0.3 is 0 Å². The Morgan fingerprint density at radius 3 is 2.69 bits per heavy atom. The third kappa shape index (κ3) is 2.13. The minimum atomic E-state index is 0.484. The fourth-order valence-corrected chi connectivity index (χ4v) is 2.09. The first-order valence-corrected chi connectivity index (χ1v) is 6.00. The Kier molecular flexibility index (Phi) is 2.78. The van der Waals surface area contributed by atoms with E-state index in [9.17, 15) is 0 Å². The smallest absolute Gasteiger partial charge is 0.149 e. The Morgan fingerprint density at radius 2 is 2.12 bits per heavy atom. The van der Waals surface area contributed by atoms with Gasteiger partial charge < -0.3 is 11.1 Å². The van der Waals surface area contributed by atoms with E-state index in [4.69, 9.17) is 5.73 Å². The van der Waals surface area contributed by atoms with Gasteiger partial charge in [0.25, 0.3) is 0 Å². The van der Waals surface area contributed by atoms with Crippen LogP contribution < -0.4 is 11.1 Å². The molecular formula is C13H21N3. The molecule has 0 spiro atoms. The van der Waals surface area contributed by atoms with Gasteiger partial charge in [-0.05, 0) is 43.2 Å². The molecule has 1 aromatic heterocycles. The molecular weight excluding hydrogens is 198 g/mol. The van der Waals surface area contributed by atoms with Gasteiger partial charge in [0.2, 0.25) is 0 Å². The van der Waals surface area contributed by atoms with Crippen molar-refractivity contribution in [2.45, 2.75) is 33.6 Å². The summed E-state index contributed by atoms with van der Waals surface area (Å²) in [5.41, 5.74) is 8.12. The molecule has 1 aliphatic rings. The minimum absolute atomic E-state index is 0.484. The van der Waals surface area contributed by atoms with Crippen molar-refractivity contribution in [2.75, 3.05) is 17.6 Å². The van der Waals surface area contributed by atoms with Crippen molar-refractivity contribution in [3.63, 3.8) is 0 Å². The van der Waals surface area contributed by atoms with Gasteiger partial charge in [0.15, 0.2) is 0 Å². The van der Waals surface area contributed by atoms with E-state index in [0.717, 1.165) is 29.7 Å². The predicted octanol–water partition coefficient (Wildman–Crippen LogP) is 2.82. The Bertz CT molecular complexity index is 381. The van der Waals surface area contributed by atoms with Gasteiger partial charge in [-0.15, -0.1) is 0 Å². The molecule has 1 heterocycles. The molecule has 0 unspecified atom stereocenters. The molecule has 0 atom stereocenters. The van der Waals surface area contributed by atoms with Crippen LogP contribution in [-0.4, -0.2) is 11.5 Å². The first-order chi connectivity index (χ1) is 7.53. The highest BCUT2D eigenvalue weighted by molar-refractivity contribution is 5.61. The van der Waals surface area contributed by atoms with Crippen molar-refractivity contribution in [3.05, 3.63) is 17.8 Å².